The number of hydrogen-bond donors (Lipinski definition) is 2. The molecule has 0 aliphatic carbocycles. The van der Waals surface area contributed by atoms with Crippen molar-refractivity contribution in [2.75, 3.05) is 22.6 Å². The fourth-order valence-corrected chi connectivity index (χ4v) is 5.42. The van der Waals surface area contributed by atoms with Crippen LogP contribution in [-0.2, 0) is 14.6 Å². The molecule has 1 aliphatic rings. The van der Waals surface area contributed by atoms with Gasteiger partial charge in [-0.05, 0) is 30.7 Å². The van der Waals surface area contributed by atoms with Crippen LogP contribution in [0.25, 0.3) is 0 Å². The third-order valence-corrected chi connectivity index (χ3v) is 6.34. The van der Waals surface area contributed by atoms with Crippen molar-refractivity contribution in [2.24, 2.45) is 0 Å². The van der Waals surface area contributed by atoms with Gasteiger partial charge >= 0.3 is 5.97 Å². The summed E-state index contributed by atoms with van der Waals surface area (Å²) in [6.07, 6.45) is 0.591. The zero-order valence-corrected chi connectivity index (χ0v) is 12.7. The van der Waals surface area contributed by atoms with E-state index in [4.69, 9.17) is 5.11 Å². The lowest BCUT2D eigenvalue weighted by Gasteiger charge is -2.08. The molecule has 0 saturated carbocycles. The maximum absolute atomic E-state index is 11.8. The molecule has 0 aromatic heterocycles. The first kappa shape index (κ1) is 15.8. The van der Waals surface area contributed by atoms with Gasteiger partial charge in [-0.3, -0.25) is 4.79 Å². The highest BCUT2D eigenvalue weighted by atomic mass is 32.2. The van der Waals surface area contributed by atoms with Gasteiger partial charge in [0.05, 0.1) is 22.8 Å². The summed E-state index contributed by atoms with van der Waals surface area (Å²) in [4.78, 5) is 22.4. The van der Waals surface area contributed by atoms with E-state index in [0.29, 0.717) is 12.1 Å². The SMILES string of the molecule is O=C(CSC1CCS(=O)(=O)C1)Nc1ccc(C(=O)O)cc1. The van der Waals surface area contributed by atoms with Gasteiger partial charge in [0.15, 0.2) is 9.84 Å². The van der Waals surface area contributed by atoms with Crippen molar-refractivity contribution in [3.8, 4) is 0 Å². The third-order valence-electron chi connectivity index (χ3n) is 3.06. The average molecular weight is 329 g/mol. The fraction of sp³-hybridized carbons (Fsp3) is 0.385. The van der Waals surface area contributed by atoms with Crippen LogP contribution in [0.15, 0.2) is 24.3 Å². The molecule has 21 heavy (non-hydrogen) atoms. The smallest absolute Gasteiger partial charge is 0.335 e. The van der Waals surface area contributed by atoms with Gasteiger partial charge < -0.3 is 10.4 Å². The second kappa shape index (κ2) is 6.48. The molecule has 2 N–H and O–H groups in total. The molecular weight excluding hydrogens is 314 g/mol. The number of anilines is 1. The van der Waals surface area contributed by atoms with E-state index in [1.807, 2.05) is 0 Å². The van der Waals surface area contributed by atoms with Crippen molar-refractivity contribution in [1.29, 1.82) is 0 Å². The molecule has 6 nitrogen and oxygen atoms in total. The van der Waals surface area contributed by atoms with Gasteiger partial charge in [-0.2, -0.15) is 0 Å². The standard InChI is InChI=1S/C13H15NO5S2/c15-12(7-20-11-5-6-21(18,19)8-11)14-10-3-1-9(2-4-10)13(16)17/h1-4,11H,5-8H2,(H,14,15)(H,16,17). The van der Waals surface area contributed by atoms with Crippen molar-refractivity contribution in [3.05, 3.63) is 29.8 Å². The predicted molar refractivity (Wildman–Crippen MR) is 81.5 cm³/mol. The Hall–Kier alpha value is -1.54. The maximum Gasteiger partial charge on any atom is 0.335 e. The van der Waals surface area contributed by atoms with Crippen molar-refractivity contribution < 1.29 is 23.1 Å². The van der Waals surface area contributed by atoms with Crippen molar-refractivity contribution >= 4 is 39.2 Å². The molecule has 1 aliphatic heterocycles. The Balaban J connectivity index is 1.81. The van der Waals surface area contributed by atoms with E-state index in [0.717, 1.165) is 0 Å². The lowest BCUT2D eigenvalue weighted by molar-refractivity contribution is -0.113. The number of thioether (sulfide) groups is 1. The molecule has 1 aromatic rings. The number of carbonyl (C=O) groups excluding carboxylic acids is 1. The summed E-state index contributed by atoms with van der Waals surface area (Å²) < 4.78 is 22.6. The molecule has 1 unspecified atom stereocenters. The molecule has 1 saturated heterocycles. The van der Waals surface area contributed by atoms with Crippen LogP contribution in [0.3, 0.4) is 0 Å². The minimum absolute atomic E-state index is 0.0184. The summed E-state index contributed by atoms with van der Waals surface area (Å²) in [7, 11) is -2.92. The zero-order chi connectivity index (χ0) is 15.5. The Labute approximate surface area is 126 Å². The number of hydrogen-bond acceptors (Lipinski definition) is 5. The summed E-state index contributed by atoms with van der Waals surface area (Å²) in [5, 5.41) is 11.4. The Kier molecular flexibility index (Phi) is 4.89. The van der Waals surface area contributed by atoms with Gasteiger partial charge in [-0.15, -0.1) is 11.8 Å². The summed E-state index contributed by atoms with van der Waals surface area (Å²) in [5.74, 6) is -0.736. The van der Waals surface area contributed by atoms with Gasteiger partial charge in [0.1, 0.15) is 0 Å². The van der Waals surface area contributed by atoms with E-state index in [9.17, 15) is 18.0 Å². The Morgan fingerprint density at radius 3 is 2.48 bits per heavy atom. The van der Waals surface area contributed by atoms with Gasteiger partial charge in [0, 0.05) is 10.9 Å². The molecule has 1 heterocycles. The number of nitrogens with one attached hydrogen (secondary N) is 1. The summed E-state index contributed by atoms with van der Waals surface area (Å²) >= 11 is 1.34. The summed E-state index contributed by atoms with van der Waals surface area (Å²) in [6.45, 7) is 0. The van der Waals surface area contributed by atoms with Crippen LogP contribution in [0.2, 0.25) is 0 Å². The van der Waals surface area contributed by atoms with Crippen LogP contribution in [0.1, 0.15) is 16.8 Å². The molecule has 0 spiro atoms. The van der Waals surface area contributed by atoms with Gasteiger partial charge in [0.25, 0.3) is 0 Å². The van der Waals surface area contributed by atoms with Gasteiger partial charge in [-0.25, -0.2) is 13.2 Å². The van der Waals surface area contributed by atoms with Crippen LogP contribution in [0.5, 0.6) is 0 Å². The topological polar surface area (TPSA) is 101 Å². The molecule has 0 radical (unpaired) electrons. The summed E-state index contributed by atoms with van der Waals surface area (Å²) in [6, 6.07) is 5.86. The Morgan fingerprint density at radius 1 is 1.29 bits per heavy atom. The molecular formula is C13H15NO5S2. The number of carboxylic acids is 1. The minimum Gasteiger partial charge on any atom is -0.478 e. The number of sulfone groups is 1. The molecule has 114 valence electrons. The molecule has 1 fully saturated rings. The monoisotopic (exact) mass is 329 g/mol. The second-order valence-electron chi connectivity index (χ2n) is 4.77. The lowest BCUT2D eigenvalue weighted by Crippen LogP contribution is -2.17. The summed E-state index contributed by atoms with van der Waals surface area (Å²) in [5.41, 5.74) is 0.670. The van der Waals surface area contributed by atoms with Gasteiger partial charge in [-0.1, -0.05) is 0 Å². The first-order valence-electron chi connectivity index (χ1n) is 6.31. The number of carboxylic acid groups (broad SMARTS) is 1. The molecule has 1 amide bonds. The van der Waals surface area contributed by atoms with Crippen molar-refractivity contribution in [2.45, 2.75) is 11.7 Å². The highest BCUT2D eigenvalue weighted by Crippen LogP contribution is 2.24. The van der Waals surface area contributed by atoms with E-state index in [2.05, 4.69) is 5.32 Å². The van der Waals surface area contributed by atoms with Crippen LogP contribution in [0, 0.1) is 0 Å². The normalized spacial score (nSPS) is 20.1. The molecule has 1 atom stereocenters. The lowest BCUT2D eigenvalue weighted by atomic mass is 10.2. The third kappa shape index (κ3) is 4.75. The molecule has 1 aromatic carbocycles. The van der Waals surface area contributed by atoms with E-state index >= 15 is 0 Å². The number of benzene rings is 1. The quantitative estimate of drug-likeness (QED) is 0.843. The molecule has 8 heteroatoms. The minimum atomic E-state index is -2.92. The zero-order valence-electron chi connectivity index (χ0n) is 11.1. The second-order valence-corrected chi connectivity index (χ2v) is 8.28. The van der Waals surface area contributed by atoms with Crippen molar-refractivity contribution in [3.63, 3.8) is 0 Å². The van der Waals surface area contributed by atoms with Crippen LogP contribution in [0.4, 0.5) is 5.69 Å². The number of aromatic carboxylic acids is 1. The number of amides is 1. The van der Waals surface area contributed by atoms with Crippen LogP contribution >= 0.6 is 11.8 Å². The van der Waals surface area contributed by atoms with Gasteiger partial charge in [0.2, 0.25) is 5.91 Å². The van der Waals surface area contributed by atoms with Crippen LogP contribution < -0.4 is 5.32 Å². The number of rotatable bonds is 5. The number of carbonyl (C=O) groups is 2. The highest BCUT2D eigenvalue weighted by molar-refractivity contribution is 8.02. The van der Waals surface area contributed by atoms with E-state index in [1.165, 1.54) is 36.0 Å². The Bertz CT molecular complexity index is 639. The van der Waals surface area contributed by atoms with Crippen molar-refractivity contribution in [1.82, 2.24) is 0 Å². The van der Waals surface area contributed by atoms with E-state index in [-0.39, 0.29) is 34.0 Å². The predicted octanol–water partition coefficient (Wildman–Crippen LogP) is 1.24. The maximum atomic E-state index is 11.8. The van der Waals surface area contributed by atoms with Crippen LogP contribution in [-0.4, -0.2) is 47.9 Å². The molecule has 0 bridgehead atoms. The average Bonchev–Trinajstić information content (AvgIpc) is 2.77. The van der Waals surface area contributed by atoms with E-state index < -0.39 is 15.8 Å². The Morgan fingerprint density at radius 2 is 1.95 bits per heavy atom. The first-order valence-corrected chi connectivity index (χ1v) is 9.18. The molecule has 2 rings (SSSR count). The largest absolute Gasteiger partial charge is 0.478 e. The van der Waals surface area contributed by atoms with E-state index in [1.54, 1.807) is 0 Å². The highest BCUT2D eigenvalue weighted by Gasteiger charge is 2.28. The fourth-order valence-electron chi connectivity index (χ4n) is 1.98. The first-order chi connectivity index (χ1) is 9.85.